The van der Waals surface area contributed by atoms with Gasteiger partial charge in [0.2, 0.25) is 0 Å². The number of nitrogens with zero attached hydrogens (tertiary/aromatic N) is 4. The fraction of sp³-hybridized carbons (Fsp3) is 0.400. The third kappa shape index (κ3) is 2.18. The molecule has 0 amide bonds. The summed E-state index contributed by atoms with van der Waals surface area (Å²) >= 11 is 1.22. The van der Waals surface area contributed by atoms with E-state index in [1.165, 1.54) is 15.6 Å². The van der Waals surface area contributed by atoms with Crippen LogP contribution in [0.25, 0.3) is 0 Å². The van der Waals surface area contributed by atoms with Gasteiger partial charge in [0, 0.05) is 24.5 Å². The normalized spacial score (nSPS) is 16.5. The number of nitrogens with two attached hydrogens (primary N) is 1. The average molecular weight is 299 g/mol. The molecule has 0 atom stereocenters. The first-order chi connectivity index (χ1) is 9.11. The largest absolute Gasteiger partial charge is 0.326 e. The predicted octanol–water partition coefficient (Wildman–Crippen LogP) is 0.00280. The van der Waals surface area contributed by atoms with Crippen LogP contribution >= 0.6 is 11.3 Å². The summed E-state index contributed by atoms with van der Waals surface area (Å²) in [6.07, 6.45) is 1.62. The summed E-state index contributed by atoms with van der Waals surface area (Å²) in [5.74, 6) is 0.672. The van der Waals surface area contributed by atoms with Gasteiger partial charge < -0.3 is 10.3 Å². The van der Waals surface area contributed by atoms with Crippen LogP contribution in [0.1, 0.15) is 10.7 Å². The first-order valence-electron chi connectivity index (χ1n) is 5.77. The molecule has 1 aliphatic heterocycles. The standard InChI is InChI=1S/C10H13N5O2S2/c11-5-8-1-2-10(18-8)19(16,17)15-4-3-14-7-12-13-9(14)6-15/h1-2,7H,3-6,11H2. The van der Waals surface area contributed by atoms with Crippen LogP contribution in [-0.2, 0) is 29.7 Å². The monoisotopic (exact) mass is 299 g/mol. The van der Waals surface area contributed by atoms with Crippen LogP contribution < -0.4 is 5.73 Å². The second-order valence-electron chi connectivity index (χ2n) is 4.20. The summed E-state index contributed by atoms with van der Waals surface area (Å²) in [4.78, 5) is 0.860. The van der Waals surface area contributed by atoms with Crippen molar-refractivity contribution >= 4 is 21.4 Å². The third-order valence-electron chi connectivity index (χ3n) is 3.04. The molecule has 7 nitrogen and oxygen atoms in total. The van der Waals surface area contributed by atoms with Gasteiger partial charge >= 0.3 is 0 Å². The summed E-state index contributed by atoms with van der Waals surface area (Å²) in [5, 5.41) is 7.71. The Morgan fingerprint density at radius 1 is 1.37 bits per heavy atom. The van der Waals surface area contributed by atoms with Crippen molar-refractivity contribution in [1.29, 1.82) is 0 Å². The van der Waals surface area contributed by atoms with Gasteiger partial charge in [-0.15, -0.1) is 21.5 Å². The van der Waals surface area contributed by atoms with Crippen LogP contribution in [0.2, 0.25) is 0 Å². The number of thiophene rings is 1. The zero-order valence-corrected chi connectivity index (χ0v) is 11.7. The number of fused-ring (bicyclic) bond motifs is 1. The molecule has 2 aromatic heterocycles. The molecule has 2 N–H and O–H groups in total. The summed E-state index contributed by atoms with van der Waals surface area (Å²) < 4.78 is 28.6. The number of rotatable bonds is 3. The number of sulfonamides is 1. The molecule has 3 heterocycles. The van der Waals surface area contributed by atoms with Gasteiger partial charge in [-0.1, -0.05) is 0 Å². The van der Waals surface area contributed by atoms with E-state index in [-0.39, 0.29) is 6.54 Å². The van der Waals surface area contributed by atoms with Gasteiger partial charge in [-0.05, 0) is 12.1 Å². The lowest BCUT2D eigenvalue weighted by atomic mass is 10.4. The average Bonchev–Trinajstić information content (AvgIpc) is 3.06. The second-order valence-corrected chi connectivity index (χ2v) is 7.54. The van der Waals surface area contributed by atoms with Crippen molar-refractivity contribution in [2.45, 2.75) is 23.8 Å². The minimum Gasteiger partial charge on any atom is -0.326 e. The molecule has 0 unspecified atom stereocenters. The van der Waals surface area contributed by atoms with Gasteiger partial charge in [-0.25, -0.2) is 8.42 Å². The Bertz CT molecular complexity index is 690. The van der Waals surface area contributed by atoms with Gasteiger partial charge in [-0.2, -0.15) is 4.31 Å². The molecule has 0 saturated carbocycles. The third-order valence-corrected chi connectivity index (χ3v) is 6.46. The van der Waals surface area contributed by atoms with Crippen LogP contribution in [0.3, 0.4) is 0 Å². The van der Waals surface area contributed by atoms with E-state index in [9.17, 15) is 8.42 Å². The van der Waals surface area contributed by atoms with Crippen molar-refractivity contribution in [3.8, 4) is 0 Å². The molecule has 0 aliphatic carbocycles. The first kappa shape index (κ1) is 12.7. The number of aromatic nitrogens is 3. The molecule has 2 aromatic rings. The highest BCUT2D eigenvalue weighted by molar-refractivity contribution is 7.91. The van der Waals surface area contributed by atoms with Crippen molar-refractivity contribution < 1.29 is 8.42 Å². The van der Waals surface area contributed by atoms with Gasteiger partial charge in [0.1, 0.15) is 16.4 Å². The molecule has 0 spiro atoms. The van der Waals surface area contributed by atoms with Crippen molar-refractivity contribution in [3.63, 3.8) is 0 Å². The molecule has 3 rings (SSSR count). The lowest BCUT2D eigenvalue weighted by Crippen LogP contribution is -2.37. The van der Waals surface area contributed by atoms with E-state index in [0.29, 0.717) is 29.7 Å². The summed E-state index contributed by atoms with van der Waals surface area (Å²) in [5.41, 5.74) is 5.51. The Morgan fingerprint density at radius 2 is 2.21 bits per heavy atom. The topological polar surface area (TPSA) is 94.1 Å². The highest BCUT2D eigenvalue weighted by Gasteiger charge is 2.30. The lowest BCUT2D eigenvalue weighted by molar-refractivity contribution is 0.336. The molecule has 0 fully saturated rings. The Balaban J connectivity index is 1.89. The lowest BCUT2D eigenvalue weighted by Gasteiger charge is -2.25. The van der Waals surface area contributed by atoms with E-state index in [1.54, 1.807) is 18.5 Å². The maximum atomic E-state index is 12.5. The van der Waals surface area contributed by atoms with Crippen LogP contribution in [0, 0.1) is 0 Å². The molecule has 0 radical (unpaired) electrons. The predicted molar refractivity (Wildman–Crippen MR) is 69.8 cm³/mol. The molecular weight excluding hydrogens is 286 g/mol. The highest BCUT2D eigenvalue weighted by Crippen LogP contribution is 2.26. The van der Waals surface area contributed by atoms with Crippen LogP contribution in [0.5, 0.6) is 0 Å². The molecule has 9 heteroatoms. The van der Waals surface area contributed by atoms with Crippen LogP contribution in [-0.4, -0.2) is 34.0 Å². The number of hydrogen-bond acceptors (Lipinski definition) is 6. The zero-order valence-electron chi connectivity index (χ0n) is 10.1. The van der Waals surface area contributed by atoms with E-state index >= 15 is 0 Å². The first-order valence-corrected chi connectivity index (χ1v) is 8.02. The quantitative estimate of drug-likeness (QED) is 0.861. The number of hydrogen-bond donors (Lipinski definition) is 1. The van der Waals surface area contributed by atoms with Crippen molar-refractivity contribution in [2.24, 2.45) is 5.73 Å². The maximum Gasteiger partial charge on any atom is 0.253 e. The summed E-state index contributed by atoms with van der Waals surface area (Å²) in [7, 11) is -3.46. The van der Waals surface area contributed by atoms with Crippen molar-refractivity contribution in [1.82, 2.24) is 19.1 Å². The van der Waals surface area contributed by atoms with E-state index in [2.05, 4.69) is 10.2 Å². The molecular formula is C10H13N5O2S2. The molecule has 0 bridgehead atoms. The fourth-order valence-corrected chi connectivity index (χ4v) is 4.76. The smallest absolute Gasteiger partial charge is 0.253 e. The van der Waals surface area contributed by atoms with E-state index in [4.69, 9.17) is 5.73 Å². The highest BCUT2D eigenvalue weighted by atomic mass is 32.2. The second kappa shape index (κ2) is 4.67. The Hall–Kier alpha value is -1.29. The van der Waals surface area contributed by atoms with E-state index in [0.717, 1.165) is 4.88 Å². The Morgan fingerprint density at radius 3 is 2.95 bits per heavy atom. The minimum absolute atomic E-state index is 0.262. The van der Waals surface area contributed by atoms with Crippen LogP contribution in [0.4, 0.5) is 0 Å². The molecule has 19 heavy (non-hydrogen) atoms. The molecule has 102 valence electrons. The summed E-state index contributed by atoms with van der Waals surface area (Å²) in [6.45, 7) is 1.63. The SMILES string of the molecule is NCc1ccc(S(=O)(=O)N2CCn3cnnc3C2)s1. The van der Waals surface area contributed by atoms with Gasteiger partial charge in [0.15, 0.2) is 0 Å². The Kier molecular flexibility index (Phi) is 3.13. The van der Waals surface area contributed by atoms with Crippen molar-refractivity contribution in [2.75, 3.05) is 6.54 Å². The van der Waals surface area contributed by atoms with Crippen LogP contribution in [0.15, 0.2) is 22.7 Å². The minimum atomic E-state index is -3.46. The summed E-state index contributed by atoms with van der Waals surface area (Å²) in [6, 6.07) is 3.37. The van der Waals surface area contributed by atoms with Gasteiger partial charge in [-0.3, -0.25) is 0 Å². The Labute approximate surface area is 114 Å². The maximum absolute atomic E-state index is 12.5. The van der Waals surface area contributed by atoms with Crippen molar-refractivity contribution in [3.05, 3.63) is 29.2 Å². The van der Waals surface area contributed by atoms with Gasteiger partial charge in [0.25, 0.3) is 10.0 Å². The van der Waals surface area contributed by atoms with E-state index < -0.39 is 10.0 Å². The van der Waals surface area contributed by atoms with E-state index in [1.807, 2.05) is 4.57 Å². The zero-order chi connectivity index (χ0) is 13.5. The molecule has 0 aromatic carbocycles. The molecule has 0 saturated heterocycles. The van der Waals surface area contributed by atoms with Gasteiger partial charge in [0.05, 0.1) is 6.54 Å². The fourth-order valence-electron chi connectivity index (χ4n) is 1.98. The molecule has 1 aliphatic rings.